The van der Waals surface area contributed by atoms with Gasteiger partial charge in [-0.1, -0.05) is 19.1 Å². The highest BCUT2D eigenvalue weighted by molar-refractivity contribution is 5.86. The smallest absolute Gasteiger partial charge is 0.382 e. The molecule has 5 nitrogen and oxygen atoms in total. The van der Waals surface area contributed by atoms with Crippen LogP contribution in [0.1, 0.15) is 19.8 Å². The molecular weight excluding hydrogens is 272 g/mol. The first-order valence-electron chi connectivity index (χ1n) is 6.79. The van der Waals surface area contributed by atoms with E-state index in [0.29, 0.717) is 29.7 Å². The van der Waals surface area contributed by atoms with Crippen LogP contribution in [0.4, 0.5) is 0 Å². The van der Waals surface area contributed by atoms with E-state index in [-0.39, 0.29) is 5.75 Å². The van der Waals surface area contributed by atoms with E-state index in [2.05, 4.69) is 0 Å². The predicted molar refractivity (Wildman–Crippen MR) is 80.2 cm³/mol. The average molecular weight is 290 g/mol. The third kappa shape index (κ3) is 3.37. The molecule has 0 unspecified atom stereocenters. The van der Waals surface area contributed by atoms with Gasteiger partial charge in [0.2, 0.25) is 5.75 Å². The average Bonchev–Trinajstić information content (AvgIpc) is 2.50. The number of aromatic hydroxyl groups is 1. The Hall–Kier alpha value is -2.43. The van der Waals surface area contributed by atoms with Crippen LogP contribution in [-0.4, -0.2) is 18.8 Å². The van der Waals surface area contributed by atoms with Crippen LogP contribution >= 0.6 is 0 Å². The van der Waals surface area contributed by atoms with Crippen molar-refractivity contribution in [2.75, 3.05) is 13.7 Å². The lowest BCUT2D eigenvalue weighted by Crippen LogP contribution is -2.04. The second-order valence-electron chi connectivity index (χ2n) is 4.45. The Balaban J connectivity index is 2.34. The van der Waals surface area contributed by atoms with Gasteiger partial charge < -0.3 is 19.0 Å². The van der Waals surface area contributed by atoms with E-state index < -0.39 is 11.4 Å². The largest absolute Gasteiger partial charge is 0.499 e. The Bertz CT molecular complexity index is 700. The van der Waals surface area contributed by atoms with E-state index in [0.717, 1.165) is 6.42 Å². The molecular formula is C16H18O5. The van der Waals surface area contributed by atoms with Gasteiger partial charge in [-0.3, -0.25) is 0 Å². The molecule has 0 radical (unpaired) electrons. The van der Waals surface area contributed by atoms with Crippen LogP contribution in [0.2, 0.25) is 0 Å². The molecule has 112 valence electrons. The van der Waals surface area contributed by atoms with Crippen LogP contribution in [0, 0.1) is 0 Å². The van der Waals surface area contributed by atoms with Crippen molar-refractivity contribution >= 4 is 11.0 Å². The molecule has 0 aliphatic carbocycles. The zero-order valence-electron chi connectivity index (χ0n) is 12.1. The van der Waals surface area contributed by atoms with Crippen LogP contribution in [0.25, 0.3) is 11.0 Å². The molecule has 0 fully saturated rings. The van der Waals surface area contributed by atoms with E-state index in [1.165, 1.54) is 7.11 Å². The molecule has 0 spiro atoms. The molecule has 2 rings (SSSR count). The maximum atomic E-state index is 11.6. The summed E-state index contributed by atoms with van der Waals surface area (Å²) in [6, 6.07) is 4.99. The van der Waals surface area contributed by atoms with Crippen LogP contribution < -0.4 is 15.1 Å². The molecule has 0 aliphatic rings. The number of allylic oxidation sites excluding steroid dienone is 1. The minimum atomic E-state index is -0.824. The van der Waals surface area contributed by atoms with Crippen LogP contribution in [-0.2, 0) is 0 Å². The van der Waals surface area contributed by atoms with Gasteiger partial charge in [-0.05, 0) is 25.0 Å². The summed E-state index contributed by atoms with van der Waals surface area (Å²) in [5.41, 5.74) is -0.508. The lowest BCUT2D eigenvalue weighted by atomic mass is 10.2. The summed E-state index contributed by atoms with van der Waals surface area (Å²) >= 11 is 0. The first-order valence-corrected chi connectivity index (χ1v) is 6.79. The number of ether oxygens (including phenoxy) is 2. The number of rotatable bonds is 6. The van der Waals surface area contributed by atoms with Crippen molar-refractivity contribution in [3.63, 3.8) is 0 Å². The number of fused-ring (bicyclic) bond motifs is 1. The first kappa shape index (κ1) is 15.0. The third-order valence-electron chi connectivity index (χ3n) is 2.98. The molecule has 0 saturated heterocycles. The maximum absolute atomic E-state index is 11.6. The van der Waals surface area contributed by atoms with E-state index >= 15 is 0 Å². The summed E-state index contributed by atoms with van der Waals surface area (Å²) in [4.78, 5) is 11.6. The molecule has 0 saturated carbocycles. The SMILES string of the molecule is CC/C=C/CCOc1c(O)c(=O)oc2cc(OC)ccc12. The zero-order valence-corrected chi connectivity index (χ0v) is 12.1. The van der Waals surface area contributed by atoms with Crippen LogP contribution in [0.15, 0.2) is 39.6 Å². The van der Waals surface area contributed by atoms with Gasteiger partial charge in [0, 0.05) is 6.07 Å². The zero-order chi connectivity index (χ0) is 15.2. The van der Waals surface area contributed by atoms with E-state index in [1.54, 1.807) is 18.2 Å². The minimum Gasteiger partial charge on any atom is -0.499 e. The normalized spacial score (nSPS) is 11.1. The molecule has 2 aromatic rings. The van der Waals surface area contributed by atoms with Crippen molar-refractivity contribution in [1.29, 1.82) is 0 Å². The molecule has 21 heavy (non-hydrogen) atoms. The second-order valence-corrected chi connectivity index (χ2v) is 4.45. The summed E-state index contributed by atoms with van der Waals surface area (Å²) in [5, 5.41) is 10.4. The highest BCUT2D eigenvalue weighted by Crippen LogP contribution is 2.33. The first-order chi connectivity index (χ1) is 10.2. The minimum absolute atomic E-state index is 0.147. The van der Waals surface area contributed by atoms with Crippen molar-refractivity contribution in [3.05, 3.63) is 40.8 Å². The maximum Gasteiger partial charge on any atom is 0.382 e. The van der Waals surface area contributed by atoms with Gasteiger partial charge in [0.15, 0.2) is 5.75 Å². The van der Waals surface area contributed by atoms with Gasteiger partial charge in [0.25, 0.3) is 0 Å². The highest BCUT2D eigenvalue weighted by atomic mass is 16.5. The summed E-state index contributed by atoms with van der Waals surface area (Å²) in [7, 11) is 1.52. The third-order valence-corrected chi connectivity index (χ3v) is 2.98. The highest BCUT2D eigenvalue weighted by Gasteiger charge is 2.15. The van der Waals surface area contributed by atoms with E-state index in [4.69, 9.17) is 13.9 Å². The molecule has 0 atom stereocenters. The number of hydrogen-bond acceptors (Lipinski definition) is 5. The molecule has 1 aromatic carbocycles. The van der Waals surface area contributed by atoms with Crippen molar-refractivity contribution in [3.8, 4) is 17.2 Å². The Morgan fingerprint density at radius 3 is 2.86 bits per heavy atom. The van der Waals surface area contributed by atoms with Crippen molar-refractivity contribution in [2.24, 2.45) is 0 Å². The van der Waals surface area contributed by atoms with E-state index in [9.17, 15) is 9.90 Å². The second kappa shape index (κ2) is 6.83. The topological polar surface area (TPSA) is 68.9 Å². The van der Waals surface area contributed by atoms with Gasteiger partial charge in [0.05, 0.1) is 19.1 Å². The van der Waals surface area contributed by atoms with Crippen molar-refractivity contribution < 1.29 is 19.0 Å². The molecule has 0 aliphatic heterocycles. The fourth-order valence-corrected chi connectivity index (χ4v) is 1.93. The summed E-state index contributed by atoms with van der Waals surface area (Å²) in [6.45, 7) is 2.42. The number of methoxy groups -OCH3 is 1. The lowest BCUT2D eigenvalue weighted by Gasteiger charge is -2.09. The van der Waals surface area contributed by atoms with Crippen molar-refractivity contribution in [2.45, 2.75) is 19.8 Å². The summed E-state index contributed by atoms with van der Waals surface area (Å²) in [6.07, 6.45) is 5.69. The lowest BCUT2D eigenvalue weighted by molar-refractivity contribution is 0.301. The van der Waals surface area contributed by atoms with Gasteiger partial charge in [0.1, 0.15) is 11.3 Å². The molecule has 1 N–H and O–H groups in total. The van der Waals surface area contributed by atoms with Gasteiger partial charge in [-0.15, -0.1) is 0 Å². The number of hydrogen-bond donors (Lipinski definition) is 1. The molecule has 1 aromatic heterocycles. The predicted octanol–water partition coefficient (Wildman–Crippen LogP) is 3.24. The summed E-state index contributed by atoms with van der Waals surface area (Å²) < 4.78 is 15.7. The van der Waals surface area contributed by atoms with Gasteiger partial charge in [-0.25, -0.2) is 4.79 Å². The van der Waals surface area contributed by atoms with Gasteiger partial charge in [-0.2, -0.15) is 0 Å². The molecule has 1 heterocycles. The summed E-state index contributed by atoms with van der Waals surface area (Å²) in [5.74, 6) is 0.203. The Labute approximate surface area is 122 Å². The van der Waals surface area contributed by atoms with Crippen LogP contribution in [0.5, 0.6) is 17.2 Å². The van der Waals surface area contributed by atoms with Crippen molar-refractivity contribution in [1.82, 2.24) is 0 Å². The molecule has 5 heteroatoms. The molecule has 0 amide bonds. The number of benzene rings is 1. The fourth-order valence-electron chi connectivity index (χ4n) is 1.93. The van der Waals surface area contributed by atoms with E-state index in [1.807, 2.05) is 19.1 Å². The standard InChI is InChI=1S/C16H18O5/c1-3-4-5-6-9-20-15-12-8-7-11(19-2)10-13(12)21-16(18)14(15)17/h4-5,7-8,10,17H,3,6,9H2,1-2H3/b5-4+. The van der Waals surface area contributed by atoms with Gasteiger partial charge >= 0.3 is 5.63 Å². The fraction of sp³-hybridized carbons (Fsp3) is 0.312. The quantitative estimate of drug-likeness (QED) is 0.502. The Morgan fingerprint density at radius 1 is 1.33 bits per heavy atom. The molecule has 0 bridgehead atoms. The Morgan fingerprint density at radius 2 is 2.14 bits per heavy atom. The Kier molecular flexibility index (Phi) is 4.87. The van der Waals surface area contributed by atoms with Crippen LogP contribution in [0.3, 0.4) is 0 Å². The monoisotopic (exact) mass is 290 g/mol.